The van der Waals surface area contributed by atoms with E-state index in [-0.39, 0.29) is 0 Å². The summed E-state index contributed by atoms with van der Waals surface area (Å²) >= 11 is 8.02. The zero-order chi connectivity index (χ0) is 13.8. The average Bonchev–Trinajstić information content (AvgIpc) is 2.78. The molecule has 1 aromatic carbocycles. The van der Waals surface area contributed by atoms with Gasteiger partial charge in [0.25, 0.3) is 0 Å². The summed E-state index contributed by atoms with van der Waals surface area (Å²) in [6.45, 7) is 6.60. The number of nitrogens with one attached hydrogen (secondary N) is 1. The predicted molar refractivity (Wildman–Crippen MR) is 85.2 cm³/mol. The van der Waals surface area contributed by atoms with E-state index in [0.29, 0.717) is 12.1 Å². The monoisotopic (exact) mass is 293 g/mol. The van der Waals surface area contributed by atoms with Crippen LogP contribution in [0.3, 0.4) is 0 Å². The minimum Gasteiger partial charge on any atom is -0.307 e. The van der Waals surface area contributed by atoms with E-state index in [1.54, 1.807) is 0 Å². The van der Waals surface area contributed by atoms with Gasteiger partial charge in [0.05, 0.1) is 0 Å². The highest BCUT2D eigenvalue weighted by atomic mass is 35.5. The summed E-state index contributed by atoms with van der Waals surface area (Å²) in [4.78, 5) is 1.42. The topological polar surface area (TPSA) is 12.0 Å². The second-order valence-corrected chi connectivity index (χ2v) is 6.41. The molecule has 0 saturated carbocycles. The van der Waals surface area contributed by atoms with Crippen molar-refractivity contribution in [2.24, 2.45) is 0 Å². The van der Waals surface area contributed by atoms with E-state index < -0.39 is 0 Å². The molecule has 0 aliphatic rings. The van der Waals surface area contributed by atoms with Gasteiger partial charge in [-0.3, -0.25) is 0 Å². The van der Waals surface area contributed by atoms with Crippen LogP contribution in [-0.4, -0.2) is 6.04 Å². The minimum absolute atomic E-state index is 0.387. The Bertz CT molecular complexity index is 535. The van der Waals surface area contributed by atoms with Crippen LogP contribution in [0, 0.1) is 6.92 Å². The molecule has 0 aliphatic heterocycles. The molecule has 1 heterocycles. The smallest absolute Gasteiger partial charge is 0.0438 e. The summed E-state index contributed by atoms with van der Waals surface area (Å²) in [5, 5.41) is 6.66. The number of halogens is 1. The second-order valence-electron chi connectivity index (χ2n) is 5.05. The molecule has 0 fully saturated rings. The Hall–Kier alpha value is -0.830. The normalized spacial score (nSPS) is 14.3. The fourth-order valence-electron chi connectivity index (χ4n) is 2.38. The molecule has 102 valence electrons. The molecule has 0 aliphatic carbocycles. The van der Waals surface area contributed by atoms with Crippen LogP contribution in [0.25, 0.3) is 0 Å². The first-order valence-corrected chi connectivity index (χ1v) is 7.87. The van der Waals surface area contributed by atoms with Crippen LogP contribution >= 0.6 is 22.9 Å². The summed E-state index contributed by atoms with van der Waals surface area (Å²) in [5.41, 5.74) is 2.58. The number of benzene rings is 1. The summed E-state index contributed by atoms with van der Waals surface area (Å²) in [5.74, 6) is 0. The van der Waals surface area contributed by atoms with Gasteiger partial charge in [-0.25, -0.2) is 0 Å². The van der Waals surface area contributed by atoms with Crippen molar-refractivity contribution in [2.45, 2.75) is 39.3 Å². The van der Waals surface area contributed by atoms with Crippen molar-refractivity contribution < 1.29 is 0 Å². The highest BCUT2D eigenvalue weighted by Gasteiger charge is 2.13. The Morgan fingerprint density at radius 1 is 1.21 bits per heavy atom. The van der Waals surface area contributed by atoms with Crippen molar-refractivity contribution in [1.29, 1.82) is 0 Å². The van der Waals surface area contributed by atoms with E-state index in [2.05, 4.69) is 43.6 Å². The number of hydrogen-bond acceptors (Lipinski definition) is 2. The third-order valence-electron chi connectivity index (χ3n) is 3.31. The second kappa shape index (κ2) is 6.56. The number of rotatable bonds is 5. The molecular weight excluding hydrogens is 274 g/mol. The molecule has 2 atom stereocenters. The lowest BCUT2D eigenvalue weighted by Gasteiger charge is -2.20. The first-order chi connectivity index (χ1) is 9.08. The molecule has 0 radical (unpaired) electrons. The summed E-state index contributed by atoms with van der Waals surface area (Å²) in [6.07, 6.45) is 0.953. The van der Waals surface area contributed by atoms with Gasteiger partial charge >= 0.3 is 0 Å². The fourth-order valence-corrected chi connectivity index (χ4v) is 3.54. The van der Waals surface area contributed by atoms with Crippen LogP contribution in [-0.2, 0) is 6.42 Å². The number of aryl methyl sites for hydroxylation is 1. The van der Waals surface area contributed by atoms with E-state index in [0.717, 1.165) is 11.4 Å². The molecule has 1 N–H and O–H groups in total. The Kier molecular flexibility index (Phi) is 5.03. The van der Waals surface area contributed by atoms with E-state index in [4.69, 9.17) is 11.6 Å². The molecule has 2 rings (SSSR count). The quantitative estimate of drug-likeness (QED) is 0.819. The third-order valence-corrected chi connectivity index (χ3v) is 4.88. The van der Waals surface area contributed by atoms with Gasteiger partial charge in [-0.1, -0.05) is 29.8 Å². The summed E-state index contributed by atoms with van der Waals surface area (Å²) in [7, 11) is 0. The highest BCUT2D eigenvalue weighted by Crippen LogP contribution is 2.24. The van der Waals surface area contributed by atoms with E-state index in [9.17, 15) is 0 Å². The van der Waals surface area contributed by atoms with Gasteiger partial charge in [0, 0.05) is 22.0 Å². The SMILES string of the molecule is Cc1ccsc1C(C)NC(C)Cc1ccccc1Cl. The first-order valence-electron chi connectivity index (χ1n) is 6.61. The lowest BCUT2D eigenvalue weighted by atomic mass is 10.1. The van der Waals surface area contributed by atoms with Crippen LogP contribution in [0.5, 0.6) is 0 Å². The maximum Gasteiger partial charge on any atom is 0.0438 e. The van der Waals surface area contributed by atoms with Crippen LogP contribution in [0.1, 0.15) is 35.9 Å². The molecule has 0 amide bonds. The molecule has 2 unspecified atom stereocenters. The summed E-state index contributed by atoms with van der Waals surface area (Å²) in [6, 6.07) is 11.0. The molecule has 0 saturated heterocycles. The maximum atomic E-state index is 6.20. The number of hydrogen-bond donors (Lipinski definition) is 1. The van der Waals surface area contributed by atoms with Gasteiger partial charge in [-0.2, -0.15) is 0 Å². The zero-order valence-corrected chi connectivity index (χ0v) is 13.2. The van der Waals surface area contributed by atoms with Crippen molar-refractivity contribution in [3.05, 3.63) is 56.7 Å². The number of thiophene rings is 1. The van der Waals surface area contributed by atoms with Crippen molar-refractivity contribution in [3.8, 4) is 0 Å². The summed E-state index contributed by atoms with van der Waals surface area (Å²) < 4.78 is 0. The molecule has 3 heteroatoms. The highest BCUT2D eigenvalue weighted by molar-refractivity contribution is 7.10. The van der Waals surface area contributed by atoms with Gasteiger partial charge in [-0.15, -0.1) is 11.3 Å². The van der Waals surface area contributed by atoms with Gasteiger partial charge < -0.3 is 5.32 Å². The van der Waals surface area contributed by atoms with Crippen LogP contribution in [0.15, 0.2) is 35.7 Å². The molecule has 1 nitrogen and oxygen atoms in total. The molecule has 19 heavy (non-hydrogen) atoms. The average molecular weight is 294 g/mol. The Morgan fingerprint density at radius 2 is 1.95 bits per heavy atom. The van der Waals surface area contributed by atoms with Gasteiger partial charge in [0.2, 0.25) is 0 Å². The molecule has 1 aromatic heterocycles. The first kappa shape index (κ1) is 14.6. The lowest BCUT2D eigenvalue weighted by Crippen LogP contribution is -2.30. The van der Waals surface area contributed by atoms with Gasteiger partial charge in [-0.05, 0) is 55.8 Å². The fraction of sp³-hybridized carbons (Fsp3) is 0.375. The van der Waals surface area contributed by atoms with E-state index in [1.165, 1.54) is 16.0 Å². The van der Waals surface area contributed by atoms with Crippen LogP contribution in [0.4, 0.5) is 0 Å². The van der Waals surface area contributed by atoms with Crippen LogP contribution < -0.4 is 5.32 Å². The van der Waals surface area contributed by atoms with E-state index in [1.807, 2.05) is 29.5 Å². The third kappa shape index (κ3) is 3.82. The molecular formula is C16H20ClNS. The zero-order valence-electron chi connectivity index (χ0n) is 11.6. The van der Waals surface area contributed by atoms with Crippen molar-refractivity contribution in [1.82, 2.24) is 5.32 Å². The molecule has 2 aromatic rings. The van der Waals surface area contributed by atoms with Crippen molar-refractivity contribution in [3.63, 3.8) is 0 Å². The molecule has 0 spiro atoms. The van der Waals surface area contributed by atoms with Gasteiger partial charge in [0.1, 0.15) is 0 Å². The standard InChI is InChI=1S/C16H20ClNS/c1-11-8-9-19-16(11)13(3)18-12(2)10-14-6-4-5-7-15(14)17/h4-9,12-13,18H,10H2,1-3H3. The molecule has 0 bridgehead atoms. The largest absolute Gasteiger partial charge is 0.307 e. The predicted octanol–water partition coefficient (Wildman–Crippen LogP) is 4.99. The minimum atomic E-state index is 0.387. The Balaban J connectivity index is 1.97. The van der Waals surface area contributed by atoms with Crippen LogP contribution in [0.2, 0.25) is 5.02 Å². The Labute approximate surface area is 124 Å². The van der Waals surface area contributed by atoms with Crippen molar-refractivity contribution in [2.75, 3.05) is 0 Å². The van der Waals surface area contributed by atoms with Crippen molar-refractivity contribution >= 4 is 22.9 Å². The lowest BCUT2D eigenvalue weighted by molar-refractivity contribution is 0.481. The van der Waals surface area contributed by atoms with E-state index >= 15 is 0 Å². The maximum absolute atomic E-state index is 6.20. The van der Waals surface area contributed by atoms with Gasteiger partial charge in [0.15, 0.2) is 0 Å². The Morgan fingerprint density at radius 3 is 2.58 bits per heavy atom.